The number of aromatic nitrogens is 1. The van der Waals surface area contributed by atoms with Crippen molar-refractivity contribution >= 4 is 5.82 Å². The van der Waals surface area contributed by atoms with Gasteiger partial charge in [0.05, 0.1) is 6.61 Å². The molecule has 1 aromatic rings. The number of ether oxygens (including phenoxy) is 1. The van der Waals surface area contributed by atoms with Gasteiger partial charge in [-0.3, -0.25) is 0 Å². The summed E-state index contributed by atoms with van der Waals surface area (Å²) in [5.41, 5.74) is -1.01. The monoisotopic (exact) mass is 270 g/mol. The molecule has 1 N–H and O–H groups in total. The number of pyridine rings is 1. The van der Waals surface area contributed by atoms with Gasteiger partial charge in [0, 0.05) is 6.54 Å². The molecule has 8 heteroatoms. The molecular formula is C10H11F5N2O. The molecular weight excluding hydrogens is 259 g/mol. The highest BCUT2D eigenvalue weighted by Crippen LogP contribution is 2.27. The standard InChI is InChI=1S/C10H11F5N2O/c11-8(12)6-18-5-4-16-9-3-1-2-7(17-9)10(13,14)15/h1-3,8H,4-6H2,(H,16,17). The Labute approximate surface area is 100.0 Å². The van der Waals surface area contributed by atoms with Gasteiger partial charge in [-0.15, -0.1) is 0 Å². The summed E-state index contributed by atoms with van der Waals surface area (Å²) in [6, 6.07) is 3.40. The highest BCUT2D eigenvalue weighted by atomic mass is 19.4. The maximum atomic E-state index is 12.3. The van der Waals surface area contributed by atoms with E-state index in [9.17, 15) is 22.0 Å². The van der Waals surface area contributed by atoms with Crippen LogP contribution < -0.4 is 5.32 Å². The van der Waals surface area contributed by atoms with Gasteiger partial charge in [0.2, 0.25) is 0 Å². The first-order valence-electron chi connectivity index (χ1n) is 5.03. The molecule has 18 heavy (non-hydrogen) atoms. The maximum absolute atomic E-state index is 12.3. The summed E-state index contributed by atoms with van der Waals surface area (Å²) in [5.74, 6) is 0.0190. The van der Waals surface area contributed by atoms with Gasteiger partial charge in [-0.2, -0.15) is 13.2 Å². The third-order valence-electron chi connectivity index (χ3n) is 1.84. The summed E-state index contributed by atoms with van der Waals surface area (Å²) < 4.78 is 64.8. The largest absolute Gasteiger partial charge is 0.433 e. The van der Waals surface area contributed by atoms with Gasteiger partial charge in [0.25, 0.3) is 6.43 Å². The molecule has 0 spiro atoms. The Hall–Kier alpha value is -1.44. The lowest BCUT2D eigenvalue weighted by molar-refractivity contribution is -0.141. The molecule has 0 saturated heterocycles. The molecule has 1 rings (SSSR count). The second-order valence-corrected chi connectivity index (χ2v) is 3.30. The van der Waals surface area contributed by atoms with Crippen LogP contribution in [0.1, 0.15) is 5.69 Å². The molecule has 0 aliphatic carbocycles. The number of hydrogen-bond donors (Lipinski definition) is 1. The van der Waals surface area contributed by atoms with Crippen molar-refractivity contribution < 1.29 is 26.7 Å². The van der Waals surface area contributed by atoms with E-state index < -0.39 is 24.9 Å². The van der Waals surface area contributed by atoms with Crippen LogP contribution in [-0.4, -0.2) is 31.2 Å². The Bertz CT molecular complexity index is 370. The van der Waals surface area contributed by atoms with Crippen LogP contribution in [0, 0.1) is 0 Å². The topological polar surface area (TPSA) is 34.1 Å². The van der Waals surface area contributed by atoms with E-state index in [-0.39, 0.29) is 19.0 Å². The minimum Gasteiger partial charge on any atom is -0.374 e. The first kappa shape index (κ1) is 14.6. The number of anilines is 1. The lowest BCUT2D eigenvalue weighted by Crippen LogP contribution is -2.15. The van der Waals surface area contributed by atoms with Crippen LogP contribution in [0.15, 0.2) is 18.2 Å². The van der Waals surface area contributed by atoms with Crippen LogP contribution in [0.4, 0.5) is 27.8 Å². The lowest BCUT2D eigenvalue weighted by Gasteiger charge is -2.09. The van der Waals surface area contributed by atoms with Crippen molar-refractivity contribution in [3.05, 3.63) is 23.9 Å². The molecule has 0 aromatic carbocycles. The van der Waals surface area contributed by atoms with E-state index in [0.29, 0.717) is 0 Å². The van der Waals surface area contributed by atoms with Crippen molar-refractivity contribution in [3.63, 3.8) is 0 Å². The van der Waals surface area contributed by atoms with Gasteiger partial charge in [0.15, 0.2) is 0 Å². The number of alkyl halides is 5. The maximum Gasteiger partial charge on any atom is 0.433 e. The van der Waals surface area contributed by atoms with Crippen molar-refractivity contribution in [1.82, 2.24) is 4.98 Å². The molecule has 0 saturated carbocycles. The molecule has 0 aliphatic heterocycles. The number of halogens is 5. The number of nitrogens with zero attached hydrogens (tertiary/aromatic N) is 1. The quantitative estimate of drug-likeness (QED) is 0.637. The molecule has 0 bridgehead atoms. The van der Waals surface area contributed by atoms with Crippen LogP contribution in [-0.2, 0) is 10.9 Å². The molecule has 0 atom stereocenters. The van der Waals surface area contributed by atoms with Gasteiger partial charge in [-0.1, -0.05) is 6.07 Å². The van der Waals surface area contributed by atoms with E-state index >= 15 is 0 Å². The number of rotatable bonds is 6. The van der Waals surface area contributed by atoms with E-state index in [1.807, 2.05) is 0 Å². The van der Waals surface area contributed by atoms with E-state index in [4.69, 9.17) is 0 Å². The molecule has 1 heterocycles. The van der Waals surface area contributed by atoms with Crippen molar-refractivity contribution in [1.29, 1.82) is 0 Å². The van der Waals surface area contributed by atoms with E-state index in [1.54, 1.807) is 0 Å². The Morgan fingerprint density at radius 1 is 1.28 bits per heavy atom. The molecule has 0 amide bonds. The van der Waals surface area contributed by atoms with Crippen molar-refractivity contribution in [2.75, 3.05) is 25.1 Å². The first-order chi connectivity index (χ1) is 8.39. The van der Waals surface area contributed by atoms with E-state index in [0.717, 1.165) is 6.07 Å². The van der Waals surface area contributed by atoms with Crippen LogP contribution in [0.3, 0.4) is 0 Å². The summed E-state index contributed by atoms with van der Waals surface area (Å²) in [7, 11) is 0. The molecule has 3 nitrogen and oxygen atoms in total. The fraction of sp³-hybridized carbons (Fsp3) is 0.500. The molecule has 0 radical (unpaired) electrons. The Balaban J connectivity index is 2.39. The molecule has 1 aromatic heterocycles. The Morgan fingerprint density at radius 3 is 2.61 bits per heavy atom. The second-order valence-electron chi connectivity index (χ2n) is 3.30. The third-order valence-corrected chi connectivity index (χ3v) is 1.84. The van der Waals surface area contributed by atoms with Gasteiger partial charge < -0.3 is 10.1 Å². The summed E-state index contributed by atoms with van der Waals surface area (Å²) in [5, 5.41) is 2.55. The predicted molar refractivity (Wildman–Crippen MR) is 54.6 cm³/mol. The first-order valence-corrected chi connectivity index (χ1v) is 5.03. The fourth-order valence-electron chi connectivity index (χ4n) is 1.11. The van der Waals surface area contributed by atoms with Crippen LogP contribution in [0.25, 0.3) is 0 Å². The van der Waals surface area contributed by atoms with Crippen LogP contribution in [0.2, 0.25) is 0 Å². The number of hydrogen-bond acceptors (Lipinski definition) is 3. The van der Waals surface area contributed by atoms with Crippen LogP contribution >= 0.6 is 0 Å². The number of nitrogens with one attached hydrogen (secondary N) is 1. The predicted octanol–water partition coefficient (Wildman–Crippen LogP) is 2.79. The second kappa shape index (κ2) is 6.48. The summed E-state index contributed by atoms with van der Waals surface area (Å²) in [6.07, 6.45) is -7.07. The summed E-state index contributed by atoms with van der Waals surface area (Å²) in [4.78, 5) is 3.34. The van der Waals surface area contributed by atoms with Crippen molar-refractivity contribution in [3.8, 4) is 0 Å². The SMILES string of the molecule is FC(F)COCCNc1cccc(C(F)(F)F)n1. The molecule has 102 valence electrons. The van der Waals surface area contributed by atoms with Gasteiger partial charge in [0.1, 0.15) is 18.1 Å². The fourth-order valence-corrected chi connectivity index (χ4v) is 1.11. The minimum atomic E-state index is -4.51. The van der Waals surface area contributed by atoms with Crippen molar-refractivity contribution in [2.45, 2.75) is 12.6 Å². The highest BCUT2D eigenvalue weighted by Gasteiger charge is 2.32. The van der Waals surface area contributed by atoms with E-state index in [2.05, 4.69) is 15.0 Å². The Morgan fingerprint density at radius 2 is 2.00 bits per heavy atom. The average molecular weight is 270 g/mol. The zero-order valence-corrected chi connectivity index (χ0v) is 9.18. The van der Waals surface area contributed by atoms with Crippen molar-refractivity contribution in [2.24, 2.45) is 0 Å². The van der Waals surface area contributed by atoms with Gasteiger partial charge in [-0.25, -0.2) is 13.8 Å². The minimum absolute atomic E-state index is 0.0190. The smallest absolute Gasteiger partial charge is 0.374 e. The highest BCUT2D eigenvalue weighted by molar-refractivity contribution is 5.35. The molecule has 0 unspecified atom stereocenters. The van der Waals surface area contributed by atoms with Crippen LogP contribution in [0.5, 0.6) is 0 Å². The molecule has 0 aliphatic rings. The zero-order chi connectivity index (χ0) is 13.6. The van der Waals surface area contributed by atoms with Gasteiger partial charge >= 0.3 is 6.18 Å². The normalized spacial score (nSPS) is 11.9. The summed E-state index contributed by atoms with van der Waals surface area (Å²) in [6.45, 7) is -0.638. The average Bonchev–Trinajstić information content (AvgIpc) is 2.27. The van der Waals surface area contributed by atoms with E-state index in [1.165, 1.54) is 12.1 Å². The zero-order valence-electron chi connectivity index (χ0n) is 9.18. The third kappa shape index (κ3) is 5.26. The van der Waals surface area contributed by atoms with Gasteiger partial charge in [-0.05, 0) is 12.1 Å². The summed E-state index contributed by atoms with van der Waals surface area (Å²) >= 11 is 0. The lowest BCUT2D eigenvalue weighted by atomic mass is 10.3. The Kier molecular flexibility index (Phi) is 5.26. The molecule has 0 fully saturated rings.